The van der Waals surface area contributed by atoms with Gasteiger partial charge in [-0.25, -0.2) is 0 Å². The zero-order chi connectivity index (χ0) is 19.4. The van der Waals surface area contributed by atoms with Gasteiger partial charge in [-0.05, 0) is 37.0 Å². The van der Waals surface area contributed by atoms with Gasteiger partial charge in [-0.3, -0.25) is 4.79 Å². The Balaban J connectivity index is 1.82. The molecule has 1 aliphatic rings. The molecular formula is C21H28N2O4. The number of hydrogen-bond donors (Lipinski definition) is 0. The van der Waals surface area contributed by atoms with Gasteiger partial charge in [0.05, 0.1) is 32.4 Å². The number of benzene rings is 1. The Hall–Kier alpha value is -2.50. The van der Waals surface area contributed by atoms with Crippen LogP contribution in [0, 0.1) is 0 Å². The molecule has 1 atom stereocenters. The number of rotatable bonds is 7. The number of methoxy groups -OCH3 is 2. The molecule has 1 aromatic carbocycles. The third kappa shape index (κ3) is 3.80. The monoisotopic (exact) mass is 372 g/mol. The van der Waals surface area contributed by atoms with Crippen molar-refractivity contribution in [3.05, 3.63) is 40.8 Å². The summed E-state index contributed by atoms with van der Waals surface area (Å²) in [5.41, 5.74) is 2.93. The van der Waals surface area contributed by atoms with Crippen molar-refractivity contribution in [3.8, 4) is 11.5 Å². The highest BCUT2D eigenvalue weighted by molar-refractivity contribution is 5.80. The van der Waals surface area contributed by atoms with E-state index in [-0.39, 0.29) is 11.9 Å². The second kappa shape index (κ2) is 8.46. The number of aryl methyl sites for hydroxylation is 2. The number of nitrogens with zero attached hydrogens (tertiary/aromatic N) is 2. The number of aromatic nitrogens is 1. The maximum absolute atomic E-state index is 13.1. The topological polar surface area (TPSA) is 64.8 Å². The third-order valence-electron chi connectivity index (χ3n) is 5.30. The van der Waals surface area contributed by atoms with E-state index in [0.29, 0.717) is 17.9 Å². The molecule has 0 unspecified atom stereocenters. The minimum Gasteiger partial charge on any atom is -0.493 e. The summed E-state index contributed by atoms with van der Waals surface area (Å²) in [5, 5.41) is 4.13. The van der Waals surface area contributed by atoms with E-state index in [2.05, 4.69) is 5.16 Å². The first kappa shape index (κ1) is 19.3. The van der Waals surface area contributed by atoms with Gasteiger partial charge < -0.3 is 18.9 Å². The Morgan fingerprint density at radius 1 is 1.22 bits per heavy atom. The molecule has 0 bridgehead atoms. The fourth-order valence-corrected chi connectivity index (χ4v) is 3.86. The summed E-state index contributed by atoms with van der Waals surface area (Å²) in [7, 11) is 3.25. The maximum atomic E-state index is 13.1. The highest BCUT2D eigenvalue weighted by Crippen LogP contribution is 2.37. The van der Waals surface area contributed by atoms with E-state index < -0.39 is 0 Å². The van der Waals surface area contributed by atoms with Gasteiger partial charge in [0.1, 0.15) is 5.76 Å². The molecule has 1 saturated heterocycles. The lowest BCUT2D eigenvalue weighted by Gasteiger charge is -2.26. The van der Waals surface area contributed by atoms with Gasteiger partial charge in [-0.15, -0.1) is 0 Å². The minimum absolute atomic E-state index is 0.0623. The van der Waals surface area contributed by atoms with Crippen LogP contribution in [0.2, 0.25) is 0 Å². The Labute approximate surface area is 160 Å². The van der Waals surface area contributed by atoms with Gasteiger partial charge in [0.2, 0.25) is 5.91 Å². The number of carbonyl (C=O) groups is 1. The second-order valence-corrected chi connectivity index (χ2v) is 6.77. The molecule has 27 heavy (non-hydrogen) atoms. The van der Waals surface area contributed by atoms with Crippen molar-refractivity contribution in [2.45, 2.75) is 52.0 Å². The van der Waals surface area contributed by atoms with Crippen LogP contribution in [-0.4, -0.2) is 36.7 Å². The molecule has 6 nitrogen and oxygen atoms in total. The summed E-state index contributed by atoms with van der Waals surface area (Å²) in [6.45, 7) is 4.83. The third-order valence-corrected chi connectivity index (χ3v) is 5.30. The van der Waals surface area contributed by atoms with Crippen molar-refractivity contribution in [2.24, 2.45) is 0 Å². The molecule has 1 aliphatic heterocycles. The summed E-state index contributed by atoms with van der Waals surface area (Å²) in [6, 6.07) is 5.96. The molecule has 0 N–H and O–H groups in total. The largest absolute Gasteiger partial charge is 0.493 e. The van der Waals surface area contributed by atoms with Crippen LogP contribution in [-0.2, 0) is 24.1 Å². The van der Waals surface area contributed by atoms with E-state index in [0.717, 1.165) is 54.8 Å². The molecule has 1 amide bonds. The molecular weight excluding hydrogens is 344 g/mol. The molecule has 146 valence electrons. The molecule has 3 rings (SSSR count). The molecule has 0 aliphatic carbocycles. The van der Waals surface area contributed by atoms with Gasteiger partial charge in [0.15, 0.2) is 11.5 Å². The van der Waals surface area contributed by atoms with Crippen LogP contribution in [0.1, 0.15) is 55.3 Å². The average Bonchev–Trinajstić information content (AvgIpc) is 3.34. The van der Waals surface area contributed by atoms with Gasteiger partial charge in [0, 0.05) is 18.5 Å². The first-order valence-corrected chi connectivity index (χ1v) is 9.60. The lowest BCUT2D eigenvalue weighted by Crippen LogP contribution is -2.32. The van der Waals surface area contributed by atoms with E-state index in [1.165, 1.54) is 0 Å². The van der Waals surface area contributed by atoms with Crippen molar-refractivity contribution in [3.63, 3.8) is 0 Å². The van der Waals surface area contributed by atoms with Crippen LogP contribution in [0.25, 0.3) is 0 Å². The summed E-state index contributed by atoms with van der Waals surface area (Å²) >= 11 is 0. The van der Waals surface area contributed by atoms with Crippen molar-refractivity contribution in [1.29, 1.82) is 0 Å². The van der Waals surface area contributed by atoms with E-state index in [1.807, 2.05) is 36.9 Å². The first-order valence-electron chi connectivity index (χ1n) is 9.60. The van der Waals surface area contributed by atoms with Crippen LogP contribution in [0.3, 0.4) is 0 Å². The highest BCUT2D eigenvalue weighted by Gasteiger charge is 2.31. The lowest BCUT2D eigenvalue weighted by atomic mass is 10.0. The van der Waals surface area contributed by atoms with Crippen molar-refractivity contribution in [1.82, 2.24) is 10.1 Å². The molecule has 2 aromatic rings. The molecule has 0 spiro atoms. The zero-order valence-electron chi connectivity index (χ0n) is 16.6. The lowest BCUT2D eigenvalue weighted by molar-refractivity contribution is -0.131. The van der Waals surface area contributed by atoms with Crippen LogP contribution >= 0.6 is 0 Å². The highest BCUT2D eigenvalue weighted by atomic mass is 16.5. The average molecular weight is 372 g/mol. The Morgan fingerprint density at radius 2 is 2.00 bits per heavy atom. The first-order chi connectivity index (χ1) is 13.1. The molecule has 1 aromatic heterocycles. The van der Waals surface area contributed by atoms with Crippen LogP contribution in [0.15, 0.2) is 22.7 Å². The summed E-state index contributed by atoms with van der Waals surface area (Å²) in [6.07, 6.45) is 3.81. The van der Waals surface area contributed by atoms with E-state index in [4.69, 9.17) is 14.0 Å². The number of carbonyl (C=O) groups excluding carboxylic acids is 1. The van der Waals surface area contributed by atoms with Crippen LogP contribution in [0.5, 0.6) is 11.5 Å². The van der Waals surface area contributed by atoms with Gasteiger partial charge >= 0.3 is 0 Å². The number of ether oxygens (including phenoxy) is 2. The SMILES string of the molecule is CCc1noc(CC)c1CC(=O)N1CCC[C@H]1c1ccc(OC)c(OC)c1. The summed E-state index contributed by atoms with van der Waals surface area (Å²) in [4.78, 5) is 15.1. The second-order valence-electron chi connectivity index (χ2n) is 6.77. The van der Waals surface area contributed by atoms with Crippen LogP contribution in [0.4, 0.5) is 0 Å². The van der Waals surface area contributed by atoms with E-state index >= 15 is 0 Å². The predicted octanol–water partition coefficient (Wildman–Crippen LogP) is 3.72. The fraction of sp³-hybridized carbons (Fsp3) is 0.524. The van der Waals surface area contributed by atoms with Gasteiger partial charge in [0.25, 0.3) is 0 Å². The number of amides is 1. The standard InChI is InChI=1S/C21H28N2O4/c1-5-16-15(18(6-2)27-22-16)13-21(24)23-11-7-8-17(23)14-9-10-19(25-3)20(12-14)26-4/h9-10,12,17H,5-8,11,13H2,1-4H3/t17-/m0/s1. The quantitative estimate of drug-likeness (QED) is 0.741. The Kier molecular flexibility index (Phi) is 6.04. The summed E-state index contributed by atoms with van der Waals surface area (Å²) in [5.74, 6) is 2.33. The Morgan fingerprint density at radius 3 is 2.67 bits per heavy atom. The number of hydrogen-bond acceptors (Lipinski definition) is 5. The van der Waals surface area contributed by atoms with Crippen molar-refractivity contribution >= 4 is 5.91 Å². The maximum Gasteiger partial charge on any atom is 0.227 e. The van der Waals surface area contributed by atoms with E-state index in [1.54, 1.807) is 14.2 Å². The molecule has 2 heterocycles. The zero-order valence-corrected chi connectivity index (χ0v) is 16.6. The number of likely N-dealkylation sites (tertiary alicyclic amines) is 1. The summed E-state index contributed by atoms with van der Waals surface area (Å²) < 4.78 is 16.2. The van der Waals surface area contributed by atoms with Crippen molar-refractivity contribution in [2.75, 3.05) is 20.8 Å². The normalized spacial score (nSPS) is 16.6. The van der Waals surface area contributed by atoms with Gasteiger partial charge in [-0.2, -0.15) is 0 Å². The minimum atomic E-state index is 0.0623. The Bertz CT molecular complexity index is 778. The van der Waals surface area contributed by atoms with Gasteiger partial charge in [-0.1, -0.05) is 25.1 Å². The smallest absolute Gasteiger partial charge is 0.227 e. The fourth-order valence-electron chi connectivity index (χ4n) is 3.86. The van der Waals surface area contributed by atoms with Crippen molar-refractivity contribution < 1.29 is 18.8 Å². The molecule has 0 radical (unpaired) electrons. The van der Waals surface area contributed by atoms with E-state index in [9.17, 15) is 4.79 Å². The predicted molar refractivity (Wildman–Crippen MR) is 102 cm³/mol. The molecule has 1 fully saturated rings. The van der Waals surface area contributed by atoms with Crippen LogP contribution < -0.4 is 9.47 Å². The molecule has 6 heteroatoms. The molecule has 0 saturated carbocycles.